The molecule has 0 aromatic carbocycles. The molecule has 0 amide bonds. The van der Waals surface area contributed by atoms with Gasteiger partial charge in [0.1, 0.15) is 11.3 Å². The largest absolute Gasteiger partial charge is 0.492 e. The van der Waals surface area contributed by atoms with Crippen LogP contribution < -0.4 is 10.2 Å². The van der Waals surface area contributed by atoms with Gasteiger partial charge >= 0.3 is 5.97 Å². The van der Waals surface area contributed by atoms with Crippen LogP contribution in [0.25, 0.3) is 11.4 Å². The van der Waals surface area contributed by atoms with Crippen LogP contribution in [0.5, 0.6) is 5.75 Å². The quantitative estimate of drug-likeness (QED) is 0.495. The molecule has 2 aromatic heterocycles. The molecule has 30 heavy (non-hydrogen) atoms. The molecule has 0 aliphatic carbocycles. The van der Waals surface area contributed by atoms with Gasteiger partial charge in [-0.3, -0.25) is 4.79 Å². The Morgan fingerprint density at radius 2 is 2.03 bits per heavy atom. The number of unbranched alkanes of at least 4 members (excludes halogenated alkanes) is 1. The zero-order valence-corrected chi connectivity index (χ0v) is 18.9. The Hall–Kier alpha value is -2.63. The lowest BCUT2D eigenvalue weighted by Crippen LogP contribution is -2.43. The highest BCUT2D eigenvalue weighted by Crippen LogP contribution is 2.42. The Labute approximate surface area is 178 Å². The standard InChI is InChI=1S/C24H32N2O4/c1-7-9-10-30-21-11-17-13-24(6,15(3)4)26-14-18(23(28)29-8-2)20(27)12-19(26)22(17)25-16(21)5/h11-12,14-15H,7-10,13H2,1-6H3. The average molecular weight is 413 g/mol. The summed E-state index contributed by atoms with van der Waals surface area (Å²) in [5.41, 5.74) is 2.76. The number of aromatic nitrogens is 2. The first-order valence-electron chi connectivity index (χ1n) is 10.8. The molecule has 1 aliphatic heterocycles. The molecule has 2 aromatic rings. The van der Waals surface area contributed by atoms with Gasteiger partial charge < -0.3 is 14.0 Å². The van der Waals surface area contributed by atoms with Gasteiger partial charge in [0.05, 0.1) is 30.3 Å². The van der Waals surface area contributed by atoms with E-state index in [-0.39, 0.29) is 29.1 Å². The van der Waals surface area contributed by atoms with E-state index in [1.807, 2.05) is 11.5 Å². The van der Waals surface area contributed by atoms with Crippen molar-refractivity contribution in [2.24, 2.45) is 5.92 Å². The van der Waals surface area contributed by atoms with Gasteiger partial charge in [0.25, 0.3) is 0 Å². The molecule has 6 heteroatoms. The van der Waals surface area contributed by atoms with Crippen molar-refractivity contribution < 1.29 is 14.3 Å². The molecular formula is C24H32N2O4. The van der Waals surface area contributed by atoms with Crippen LogP contribution in [0.15, 0.2) is 23.1 Å². The maximum Gasteiger partial charge on any atom is 0.343 e. The minimum atomic E-state index is -0.585. The second kappa shape index (κ2) is 8.62. The summed E-state index contributed by atoms with van der Waals surface area (Å²) in [6.07, 6.45) is 4.45. The van der Waals surface area contributed by atoms with E-state index < -0.39 is 5.97 Å². The smallest absolute Gasteiger partial charge is 0.343 e. The SMILES string of the molecule is CCCCOc1cc2c(nc1C)-c1cc(=O)c(C(=O)OCC)cn1C(C)(C(C)C)C2. The van der Waals surface area contributed by atoms with Crippen LogP contribution in [0, 0.1) is 12.8 Å². The zero-order valence-electron chi connectivity index (χ0n) is 18.9. The molecule has 1 aliphatic rings. The number of hydrogen-bond acceptors (Lipinski definition) is 5. The lowest BCUT2D eigenvalue weighted by molar-refractivity contribution is 0.0522. The lowest BCUT2D eigenvalue weighted by Gasteiger charge is -2.42. The molecule has 6 nitrogen and oxygen atoms in total. The molecule has 0 radical (unpaired) electrons. The number of nitrogens with zero attached hydrogens (tertiary/aromatic N) is 2. The normalized spacial score (nSPS) is 17.4. The first-order valence-corrected chi connectivity index (χ1v) is 10.8. The number of pyridine rings is 2. The molecule has 0 fully saturated rings. The van der Waals surface area contributed by atoms with Crippen molar-refractivity contribution >= 4 is 5.97 Å². The molecule has 0 bridgehead atoms. The Kier molecular flexibility index (Phi) is 6.34. The highest BCUT2D eigenvalue weighted by Gasteiger charge is 2.38. The van der Waals surface area contributed by atoms with E-state index in [0.29, 0.717) is 6.61 Å². The number of carbonyl (C=O) groups is 1. The van der Waals surface area contributed by atoms with E-state index in [1.165, 1.54) is 6.07 Å². The molecular weight excluding hydrogens is 380 g/mol. The minimum absolute atomic E-state index is 0.0622. The average Bonchev–Trinajstić information content (AvgIpc) is 2.69. The Bertz CT molecular complexity index is 1010. The molecule has 0 saturated carbocycles. The van der Waals surface area contributed by atoms with Gasteiger partial charge in [0, 0.05) is 17.8 Å². The van der Waals surface area contributed by atoms with Crippen molar-refractivity contribution in [2.45, 2.75) is 66.3 Å². The van der Waals surface area contributed by atoms with E-state index in [4.69, 9.17) is 14.5 Å². The summed E-state index contributed by atoms with van der Waals surface area (Å²) in [5, 5.41) is 0. The first kappa shape index (κ1) is 22.1. The summed E-state index contributed by atoms with van der Waals surface area (Å²) >= 11 is 0. The van der Waals surface area contributed by atoms with Gasteiger partial charge in [-0.05, 0) is 51.2 Å². The summed E-state index contributed by atoms with van der Waals surface area (Å²) in [7, 11) is 0. The lowest BCUT2D eigenvalue weighted by atomic mass is 9.78. The van der Waals surface area contributed by atoms with Crippen LogP contribution in [0.1, 0.15) is 69.1 Å². The second-order valence-corrected chi connectivity index (χ2v) is 8.50. The van der Waals surface area contributed by atoms with Crippen molar-refractivity contribution in [1.29, 1.82) is 0 Å². The summed E-state index contributed by atoms with van der Waals surface area (Å²) in [4.78, 5) is 29.9. The summed E-state index contributed by atoms with van der Waals surface area (Å²) in [6, 6.07) is 3.59. The van der Waals surface area contributed by atoms with Crippen molar-refractivity contribution in [3.63, 3.8) is 0 Å². The Balaban J connectivity index is 2.18. The number of rotatable bonds is 7. The van der Waals surface area contributed by atoms with Crippen LogP contribution in [-0.2, 0) is 16.7 Å². The summed E-state index contributed by atoms with van der Waals surface area (Å²) in [6.45, 7) is 13.1. The third kappa shape index (κ3) is 3.87. The fourth-order valence-electron chi connectivity index (χ4n) is 3.91. The number of carbonyl (C=O) groups excluding carboxylic acids is 1. The Morgan fingerprint density at radius 1 is 1.30 bits per heavy atom. The predicted molar refractivity (Wildman–Crippen MR) is 117 cm³/mol. The predicted octanol–water partition coefficient (Wildman–Crippen LogP) is 4.50. The van der Waals surface area contributed by atoms with E-state index in [0.717, 1.165) is 47.7 Å². The Morgan fingerprint density at radius 3 is 2.67 bits per heavy atom. The molecule has 1 atom stereocenters. The van der Waals surface area contributed by atoms with Crippen LogP contribution in [0.3, 0.4) is 0 Å². The maximum atomic E-state index is 12.8. The zero-order chi connectivity index (χ0) is 22.1. The summed E-state index contributed by atoms with van der Waals surface area (Å²) < 4.78 is 13.1. The molecule has 0 N–H and O–H groups in total. The minimum Gasteiger partial charge on any atom is -0.492 e. The van der Waals surface area contributed by atoms with Crippen LogP contribution >= 0.6 is 0 Å². The monoisotopic (exact) mass is 412 g/mol. The fraction of sp³-hybridized carbons (Fsp3) is 0.542. The number of fused-ring (bicyclic) bond motifs is 3. The van der Waals surface area contributed by atoms with Gasteiger partial charge in [-0.1, -0.05) is 27.2 Å². The van der Waals surface area contributed by atoms with Crippen molar-refractivity contribution in [3.05, 3.63) is 45.4 Å². The molecule has 0 saturated heterocycles. The van der Waals surface area contributed by atoms with Gasteiger partial charge in [-0.2, -0.15) is 0 Å². The van der Waals surface area contributed by atoms with Crippen LogP contribution in [-0.4, -0.2) is 28.7 Å². The topological polar surface area (TPSA) is 70.4 Å². The van der Waals surface area contributed by atoms with E-state index in [2.05, 4.69) is 33.8 Å². The van der Waals surface area contributed by atoms with Crippen molar-refractivity contribution in [2.75, 3.05) is 13.2 Å². The highest BCUT2D eigenvalue weighted by molar-refractivity contribution is 5.89. The van der Waals surface area contributed by atoms with Crippen molar-refractivity contribution in [3.8, 4) is 17.1 Å². The van der Waals surface area contributed by atoms with E-state index in [9.17, 15) is 9.59 Å². The van der Waals surface area contributed by atoms with Crippen molar-refractivity contribution in [1.82, 2.24) is 9.55 Å². The van der Waals surface area contributed by atoms with Gasteiger partial charge in [-0.15, -0.1) is 0 Å². The number of ether oxygens (including phenoxy) is 2. The molecule has 0 spiro atoms. The fourth-order valence-corrected chi connectivity index (χ4v) is 3.91. The number of hydrogen-bond donors (Lipinski definition) is 0. The second-order valence-electron chi connectivity index (χ2n) is 8.50. The van der Waals surface area contributed by atoms with E-state index in [1.54, 1.807) is 13.1 Å². The van der Waals surface area contributed by atoms with Crippen LogP contribution in [0.2, 0.25) is 0 Å². The van der Waals surface area contributed by atoms with Gasteiger partial charge in [0.15, 0.2) is 5.43 Å². The maximum absolute atomic E-state index is 12.8. The number of aryl methyl sites for hydroxylation is 1. The third-order valence-electron chi connectivity index (χ3n) is 6.13. The molecule has 1 unspecified atom stereocenters. The highest BCUT2D eigenvalue weighted by atomic mass is 16.5. The van der Waals surface area contributed by atoms with Gasteiger partial charge in [0.2, 0.25) is 0 Å². The first-order chi connectivity index (χ1) is 14.2. The van der Waals surface area contributed by atoms with Crippen LogP contribution in [0.4, 0.5) is 0 Å². The molecule has 3 rings (SSSR count). The summed E-state index contributed by atoms with van der Waals surface area (Å²) in [5.74, 6) is 0.471. The van der Waals surface area contributed by atoms with E-state index >= 15 is 0 Å². The molecule has 3 heterocycles. The van der Waals surface area contributed by atoms with Gasteiger partial charge in [-0.25, -0.2) is 9.78 Å². The number of esters is 1. The molecule has 162 valence electrons. The third-order valence-corrected chi connectivity index (χ3v) is 6.13.